The molecule has 5 heteroatoms. The first-order valence-corrected chi connectivity index (χ1v) is 9.87. The number of carboxylic acids is 1. The molecule has 2 N–H and O–H groups in total. The second-order valence-corrected chi connectivity index (χ2v) is 8.71. The molecular weight excluding hydrogens is 369 g/mol. The maximum atomic E-state index is 11.8. The Morgan fingerprint density at radius 2 is 1.81 bits per heavy atom. The van der Waals surface area contributed by atoms with Crippen molar-refractivity contribution in [3.05, 3.63) is 63.1 Å². The number of fused-ring (bicyclic) bond motifs is 7. The molecule has 2 aromatic carbocycles. The van der Waals surface area contributed by atoms with Crippen LogP contribution in [0.3, 0.4) is 0 Å². The Labute approximate surface area is 162 Å². The number of aromatic carboxylic acids is 1. The first-order chi connectivity index (χ1) is 12.5. The molecule has 2 aromatic rings. The van der Waals surface area contributed by atoms with E-state index >= 15 is 0 Å². The molecule has 0 aromatic heterocycles. The van der Waals surface area contributed by atoms with E-state index in [4.69, 9.17) is 23.2 Å². The van der Waals surface area contributed by atoms with E-state index < -0.39 is 5.97 Å². The predicted molar refractivity (Wildman–Crippen MR) is 103 cm³/mol. The minimum Gasteiger partial charge on any atom is -0.478 e. The number of carbonyl (C=O) groups is 1. The van der Waals surface area contributed by atoms with E-state index in [1.807, 2.05) is 18.2 Å². The third-order valence-corrected chi connectivity index (χ3v) is 7.03. The van der Waals surface area contributed by atoms with Crippen LogP contribution in [0.4, 0.5) is 5.69 Å². The molecule has 1 aliphatic heterocycles. The average Bonchev–Trinajstić information content (AvgIpc) is 3.21. The van der Waals surface area contributed by atoms with Crippen molar-refractivity contribution in [3.8, 4) is 0 Å². The van der Waals surface area contributed by atoms with Gasteiger partial charge in [0.15, 0.2) is 0 Å². The molecule has 0 spiro atoms. The zero-order valence-corrected chi connectivity index (χ0v) is 15.6. The Morgan fingerprint density at radius 1 is 1.08 bits per heavy atom. The fourth-order valence-corrected chi connectivity index (χ4v) is 6.32. The Hall–Kier alpha value is -1.71. The smallest absolute Gasteiger partial charge is 0.337 e. The highest BCUT2D eigenvalue weighted by Gasteiger charge is 2.54. The predicted octanol–water partition coefficient (Wildman–Crippen LogP) is 5.99. The fourth-order valence-electron chi connectivity index (χ4n) is 5.78. The Bertz CT molecular complexity index is 893. The molecular formula is C21H19Cl2NO2. The normalized spacial score (nSPS) is 31.2. The molecule has 0 amide bonds. The largest absolute Gasteiger partial charge is 0.478 e. The number of carboxylic acid groups (broad SMARTS) is 1. The van der Waals surface area contributed by atoms with Crippen LogP contribution in [0.15, 0.2) is 36.4 Å². The van der Waals surface area contributed by atoms with Gasteiger partial charge in [-0.15, -0.1) is 0 Å². The van der Waals surface area contributed by atoms with E-state index in [0.717, 1.165) is 11.3 Å². The summed E-state index contributed by atoms with van der Waals surface area (Å²) < 4.78 is 0. The van der Waals surface area contributed by atoms with Gasteiger partial charge in [-0.05, 0) is 78.3 Å². The highest BCUT2D eigenvalue weighted by atomic mass is 35.5. The fraction of sp³-hybridized carbons (Fsp3) is 0.381. The average molecular weight is 388 g/mol. The molecule has 3 aliphatic rings. The van der Waals surface area contributed by atoms with Gasteiger partial charge in [-0.25, -0.2) is 4.79 Å². The maximum absolute atomic E-state index is 11.8. The zero-order valence-electron chi connectivity index (χ0n) is 14.1. The van der Waals surface area contributed by atoms with E-state index in [1.54, 1.807) is 12.1 Å². The Morgan fingerprint density at radius 3 is 2.54 bits per heavy atom. The van der Waals surface area contributed by atoms with Crippen molar-refractivity contribution in [2.45, 2.75) is 31.2 Å². The molecule has 5 atom stereocenters. The van der Waals surface area contributed by atoms with Crippen LogP contribution in [-0.2, 0) is 0 Å². The number of halogens is 2. The van der Waals surface area contributed by atoms with Gasteiger partial charge in [0.1, 0.15) is 0 Å². The Balaban J connectivity index is 1.69. The van der Waals surface area contributed by atoms with E-state index in [2.05, 4.69) is 11.4 Å². The summed E-state index contributed by atoms with van der Waals surface area (Å²) in [6.07, 6.45) is 3.73. The number of hydrogen-bond donors (Lipinski definition) is 2. The lowest BCUT2D eigenvalue weighted by atomic mass is 9.67. The van der Waals surface area contributed by atoms with E-state index in [-0.39, 0.29) is 6.04 Å². The van der Waals surface area contributed by atoms with Gasteiger partial charge >= 0.3 is 5.97 Å². The summed E-state index contributed by atoms with van der Waals surface area (Å²) >= 11 is 12.5. The highest BCUT2D eigenvalue weighted by Crippen LogP contribution is 2.64. The van der Waals surface area contributed by atoms with Crippen molar-refractivity contribution in [1.82, 2.24) is 0 Å². The molecule has 0 radical (unpaired) electrons. The zero-order chi connectivity index (χ0) is 18.0. The van der Waals surface area contributed by atoms with Gasteiger partial charge in [-0.1, -0.05) is 35.3 Å². The number of anilines is 1. The molecule has 0 saturated heterocycles. The minimum atomic E-state index is -0.890. The summed E-state index contributed by atoms with van der Waals surface area (Å²) in [5.41, 5.74) is 3.35. The van der Waals surface area contributed by atoms with Gasteiger partial charge in [0.2, 0.25) is 0 Å². The van der Waals surface area contributed by atoms with Crippen LogP contribution < -0.4 is 5.32 Å². The molecule has 2 bridgehead atoms. The summed E-state index contributed by atoms with van der Waals surface area (Å²) in [6.45, 7) is 0. The quantitative estimate of drug-likeness (QED) is 0.665. The molecule has 2 aliphatic carbocycles. The second kappa shape index (κ2) is 5.90. The van der Waals surface area contributed by atoms with Crippen LogP contribution in [0.2, 0.25) is 10.0 Å². The van der Waals surface area contributed by atoms with Gasteiger partial charge in [-0.2, -0.15) is 0 Å². The van der Waals surface area contributed by atoms with Gasteiger partial charge < -0.3 is 10.4 Å². The number of para-hydroxylation sites is 1. The molecule has 2 saturated carbocycles. The highest BCUT2D eigenvalue weighted by molar-refractivity contribution is 6.34. The first-order valence-electron chi connectivity index (χ1n) is 9.11. The molecule has 134 valence electrons. The summed E-state index contributed by atoms with van der Waals surface area (Å²) in [5, 5.41) is 14.5. The van der Waals surface area contributed by atoms with Crippen LogP contribution in [0, 0.1) is 17.8 Å². The van der Waals surface area contributed by atoms with Crippen LogP contribution in [0.5, 0.6) is 0 Å². The van der Waals surface area contributed by atoms with Crippen molar-refractivity contribution >= 4 is 34.9 Å². The van der Waals surface area contributed by atoms with E-state index in [9.17, 15) is 9.90 Å². The molecule has 5 rings (SSSR count). The second-order valence-electron chi connectivity index (χ2n) is 7.84. The minimum absolute atomic E-state index is 0.0412. The summed E-state index contributed by atoms with van der Waals surface area (Å²) in [4.78, 5) is 11.8. The van der Waals surface area contributed by atoms with Crippen LogP contribution in [0.1, 0.15) is 52.7 Å². The lowest BCUT2D eigenvalue weighted by Crippen LogP contribution is -2.36. The lowest BCUT2D eigenvalue weighted by Gasteiger charge is -2.44. The van der Waals surface area contributed by atoms with Crippen molar-refractivity contribution < 1.29 is 9.90 Å². The Kier molecular flexibility index (Phi) is 3.74. The monoisotopic (exact) mass is 387 g/mol. The van der Waals surface area contributed by atoms with Crippen LogP contribution in [-0.4, -0.2) is 11.1 Å². The van der Waals surface area contributed by atoms with Gasteiger partial charge in [0, 0.05) is 10.0 Å². The lowest BCUT2D eigenvalue weighted by molar-refractivity contribution is 0.0697. The third kappa shape index (κ3) is 2.37. The van der Waals surface area contributed by atoms with E-state index in [0.29, 0.717) is 39.3 Å². The molecule has 0 unspecified atom stereocenters. The number of rotatable bonds is 2. The van der Waals surface area contributed by atoms with Crippen LogP contribution in [0.25, 0.3) is 0 Å². The maximum Gasteiger partial charge on any atom is 0.337 e. The summed E-state index contributed by atoms with van der Waals surface area (Å²) in [5.74, 6) is 1.29. The number of nitrogens with one attached hydrogen (secondary N) is 1. The first kappa shape index (κ1) is 16.5. The molecule has 3 nitrogen and oxygen atoms in total. The SMILES string of the molecule is O=C(O)c1cccc2c1N[C@H](c1cc(Cl)cc(Cl)c1)[C@@H]1[C@H]3CC[C@@H](C3)[C@H]21. The number of benzene rings is 2. The van der Waals surface area contributed by atoms with Crippen molar-refractivity contribution in [3.63, 3.8) is 0 Å². The van der Waals surface area contributed by atoms with E-state index in [1.165, 1.54) is 24.8 Å². The van der Waals surface area contributed by atoms with Gasteiger partial charge in [0.05, 0.1) is 17.3 Å². The topological polar surface area (TPSA) is 49.3 Å². The summed E-state index contributed by atoms with van der Waals surface area (Å²) in [6, 6.07) is 11.4. The molecule has 26 heavy (non-hydrogen) atoms. The van der Waals surface area contributed by atoms with Crippen molar-refractivity contribution in [2.24, 2.45) is 17.8 Å². The van der Waals surface area contributed by atoms with Crippen molar-refractivity contribution in [1.29, 1.82) is 0 Å². The van der Waals surface area contributed by atoms with Crippen LogP contribution >= 0.6 is 23.2 Å². The third-order valence-electron chi connectivity index (χ3n) is 6.60. The number of hydrogen-bond acceptors (Lipinski definition) is 2. The van der Waals surface area contributed by atoms with Crippen molar-refractivity contribution in [2.75, 3.05) is 5.32 Å². The van der Waals surface area contributed by atoms with Gasteiger partial charge in [-0.3, -0.25) is 0 Å². The standard InChI is InChI=1S/C21H19Cl2NO2/c22-13-7-12(8-14(23)9-13)19-18-11-5-4-10(6-11)17(18)15-2-1-3-16(21(25)26)20(15)24-19/h1-3,7-11,17-19,24H,4-6H2,(H,25,26)/t10-,11-,17+,18+,19+/m0/s1. The van der Waals surface area contributed by atoms with Gasteiger partial charge in [0.25, 0.3) is 0 Å². The molecule has 1 heterocycles. The molecule has 2 fully saturated rings. The summed E-state index contributed by atoms with van der Waals surface area (Å²) in [7, 11) is 0.